The molecule has 0 aliphatic heterocycles. The summed E-state index contributed by atoms with van der Waals surface area (Å²) in [5, 5.41) is 7.85. The lowest BCUT2D eigenvalue weighted by atomic mass is 10.2. The Kier molecular flexibility index (Phi) is 5.16. The Balaban J connectivity index is 1.86. The molecule has 1 aromatic carbocycles. The van der Waals surface area contributed by atoms with Crippen LogP contribution >= 0.6 is 0 Å². The van der Waals surface area contributed by atoms with Gasteiger partial charge in [0, 0.05) is 6.20 Å². The van der Waals surface area contributed by atoms with Gasteiger partial charge < -0.3 is 5.32 Å². The van der Waals surface area contributed by atoms with Crippen molar-refractivity contribution in [3.8, 4) is 5.69 Å². The molecular formula is C16H23N3. The molecule has 19 heavy (non-hydrogen) atoms. The van der Waals surface area contributed by atoms with Crippen LogP contribution in [0.2, 0.25) is 0 Å². The summed E-state index contributed by atoms with van der Waals surface area (Å²) in [4.78, 5) is 0. The Morgan fingerprint density at radius 1 is 1.16 bits per heavy atom. The number of rotatable bonds is 7. The minimum absolute atomic E-state index is 1.09. The first-order chi connectivity index (χ1) is 9.29. The van der Waals surface area contributed by atoms with Crippen LogP contribution in [-0.2, 0) is 6.42 Å². The van der Waals surface area contributed by atoms with Crippen LogP contribution in [0.4, 0.5) is 0 Å². The van der Waals surface area contributed by atoms with Gasteiger partial charge in [0.15, 0.2) is 0 Å². The van der Waals surface area contributed by atoms with E-state index in [0.717, 1.165) is 25.2 Å². The van der Waals surface area contributed by atoms with Gasteiger partial charge in [0.2, 0.25) is 0 Å². The monoisotopic (exact) mass is 257 g/mol. The first-order valence-corrected chi connectivity index (χ1v) is 7.11. The van der Waals surface area contributed by atoms with E-state index in [1.165, 1.54) is 24.0 Å². The molecule has 0 aliphatic rings. The first-order valence-electron chi connectivity index (χ1n) is 7.11. The molecular weight excluding hydrogens is 234 g/mol. The van der Waals surface area contributed by atoms with Crippen molar-refractivity contribution >= 4 is 0 Å². The fourth-order valence-electron chi connectivity index (χ4n) is 2.05. The van der Waals surface area contributed by atoms with Crippen molar-refractivity contribution in [2.45, 2.75) is 33.1 Å². The lowest BCUT2D eigenvalue weighted by Crippen LogP contribution is -2.16. The van der Waals surface area contributed by atoms with E-state index in [9.17, 15) is 0 Å². The SMILES string of the molecule is CCCNCCCc1cnn(-c2ccc(C)cc2)c1. The molecule has 0 bridgehead atoms. The molecule has 1 aromatic heterocycles. The largest absolute Gasteiger partial charge is 0.317 e. The fourth-order valence-corrected chi connectivity index (χ4v) is 2.05. The zero-order chi connectivity index (χ0) is 13.5. The fraction of sp³-hybridized carbons (Fsp3) is 0.438. The normalized spacial score (nSPS) is 10.8. The van der Waals surface area contributed by atoms with Crippen LogP contribution in [0.25, 0.3) is 5.69 Å². The predicted octanol–water partition coefficient (Wildman–Crippen LogP) is 3.11. The van der Waals surface area contributed by atoms with Crippen molar-refractivity contribution < 1.29 is 0 Å². The van der Waals surface area contributed by atoms with Crippen LogP contribution in [-0.4, -0.2) is 22.9 Å². The highest BCUT2D eigenvalue weighted by Crippen LogP contribution is 2.10. The quantitative estimate of drug-likeness (QED) is 0.772. The molecule has 1 heterocycles. The second kappa shape index (κ2) is 7.10. The zero-order valence-corrected chi connectivity index (χ0v) is 11.9. The van der Waals surface area contributed by atoms with E-state index in [-0.39, 0.29) is 0 Å². The molecule has 0 saturated heterocycles. The summed E-state index contributed by atoms with van der Waals surface area (Å²) in [6, 6.07) is 8.44. The Morgan fingerprint density at radius 2 is 1.95 bits per heavy atom. The van der Waals surface area contributed by atoms with Crippen molar-refractivity contribution in [2.24, 2.45) is 0 Å². The molecule has 0 fully saturated rings. The second-order valence-corrected chi connectivity index (χ2v) is 4.98. The van der Waals surface area contributed by atoms with Gasteiger partial charge >= 0.3 is 0 Å². The van der Waals surface area contributed by atoms with Crippen molar-refractivity contribution in [3.05, 3.63) is 47.8 Å². The molecule has 0 radical (unpaired) electrons. The van der Waals surface area contributed by atoms with Gasteiger partial charge in [0.05, 0.1) is 11.9 Å². The standard InChI is InChI=1S/C16H23N3/c1-3-10-17-11-4-5-15-12-18-19(13-15)16-8-6-14(2)7-9-16/h6-9,12-13,17H,3-5,10-11H2,1-2H3. The van der Waals surface area contributed by atoms with Crippen LogP contribution in [0, 0.1) is 6.92 Å². The van der Waals surface area contributed by atoms with Crippen LogP contribution in [0.5, 0.6) is 0 Å². The number of aromatic nitrogens is 2. The van der Waals surface area contributed by atoms with Gasteiger partial charge in [0.25, 0.3) is 0 Å². The van der Waals surface area contributed by atoms with E-state index in [0.29, 0.717) is 0 Å². The van der Waals surface area contributed by atoms with E-state index < -0.39 is 0 Å². The topological polar surface area (TPSA) is 29.9 Å². The molecule has 0 amide bonds. The summed E-state index contributed by atoms with van der Waals surface area (Å²) in [6.45, 7) is 6.49. The number of nitrogens with one attached hydrogen (secondary N) is 1. The summed E-state index contributed by atoms with van der Waals surface area (Å²) in [5.74, 6) is 0. The third-order valence-corrected chi connectivity index (χ3v) is 3.18. The maximum absolute atomic E-state index is 4.43. The van der Waals surface area contributed by atoms with E-state index in [4.69, 9.17) is 0 Å². The van der Waals surface area contributed by atoms with Gasteiger partial charge in [-0.1, -0.05) is 24.6 Å². The first kappa shape index (κ1) is 13.8. The summed E-state index contributed by atoms with van der Waals surface area (Å²) >= 11 is 0. The molecule has 0 spiro atoms. The average molecular weight is 257 g/mol. The second-order valence-electron chi connectivity index (χ2n) is 4.98. The van der Waals surface area contributed by atoms with Gasteiger partial charge in [-0.25, -0.2) is 4.68 Å². The highest BCUT2D eigenvalue weighted by Gasteiger charge is 2.00. The maximum atomic E-state index is 4.43. The molecule has 2 aromatic rings. The third kappa shape index (κ3) is 4.21. The molecule has 0 unspecified atom stereocenters. The molecule has 0 saturated carbocycles. The highest BCUT2D eigenvalue weighted by molar-refractivity contribution is 5.33. The summed E-state index contributed by atoms with van der Waals surface area (Å²) in [5.41, 5.74) is 3.71. The van der Waals surface area contributed by atoms with Crippen LogP contribution in [0.3, 0.4) is 0 Å². The van der Waals surface area contributed by atoms with Crippen molar-refractivity contribution in [1.29, 1.82) is 0 Å². The van der Waals surface area contributed by atoms with E-state index in [1.54, 1.807) is 0 Å². The summed E-state index contributed by atoms with van der Waals surface area (Å²) < 4.78 is 1.95. The van der Waals surface area contributed by atoms with Crippen molar-refractivity contribution in [2.75, 3.05) is 13.1 Å². The highest BCUT2D eigenvalue weighted by atomic mass is 15.3. The number of aryl methyl sites for hydroxylation is 2. The molecule has 2 rings (SSSR count). The number of benzene rings is 1. The van der Waals surface area contributed by atoms with Gasteiger partial charge in [-0.05, 0) is 57.0 Å². The summed E-state index contributed by atoms with van der Waals surface area (Å²) in [6.07, 6.45) is 7.55. The van der Waals surface area contributed by atoms with Crippen LogP contribution in [0.15, 0.2) is 36.7 Å². The van der Waals surface area contributed by atoms with Gasteiger partial charge in [-0.15, -0.1) is 0 Å². The van der Waals surface area contributed by atoms with Crippen LogP contribution < -0.4 is 5.32 Å². The lowest BCUT2D eigenvalue weighted by molar-refractivity contribution is 0.640. The number of nitrogens with zero attached hydrogens (tertiary/aromatic N) is 2. The number of hydrogen-bond donors (Lipinski definition) is 1. The van der Waals surface area contributed by atoms with Crippen LogP contribution in [0.1, 0.15) is 30.9 Å². The number of hydrogen-bond acceptors (Lipinski definition) is 2. The Hall–Kier alpha value is -1.61. The van der Waals surface area contributed by atoms with E-state index >= 15 is 0 Å². The van der Waals surface area contributed by atoms with Crippen molar-refractivity contribution in [1.82, 2.24) is 15.1 Å². The van der Waals surface area contributed by atoms with Crippen molar-refractivity contribution in [3.63, 3.8) is 0 Å². The lowest BCUT2D eigenvalue weighted by Gasteiger charge is -2.02. The summed E-state index contributed by atoms with van der Waals surface area (Å²) in [7, 11) is 0. The minimum atomic E-state index is 1.09. The molecule has 0 aliphatic carbocycles. The van der Waals surface area contributed by atoms with Gasteiger partial charge in [-0.3, -0.25) is 0 Å². The maximum Gasteiger partial charge on any atom is 0.0645 e. The third-order valence-electron chi connectivity index (χ3n) is 3.18. The molecule has 1 N–H and O–H groups in total. The molecule has 3 nitrogen and oxygen atoms in total. The Bertz CT molecular complexity index is 485. The van der Waals surface area contributed by atoms with E-state index in [1.807, 2.05) is 10.9 Å². The molecule has 3 heteroatoms. The average Bonchev–Trinajstić information content (AvgIpc) is 2.88. The van der Waals surface area contributed by atoms with E-state index in [2.05, 4.69) is 54.7 Å². The Labute approximate surface area is 115 Å². The zero-order valence-electron chi connectivity index (χ0n) is 11.9. The Morgan fingerprint density at radius 3 is 2.68 bits per heavy atom. The van der Waals surface area contributed by atoms with Gasteiger partial charge in [-0.2, -0.15) is 5.10 Å². The minimum Gasteiger partial charge on any atom is -0.317 e. The molecule has 102 valence electrons. The predicted molar refractivity (Wildman–Crippen MR) is 79.8 cm³/mol. The smallest absolute Gasteiger partial charge is 0.0645 e. The van der Waals surface area contributed by atoms with Gasteiger partial charge in [0.1, 0.15) is 0 Å². The molecule has 0 atom stereocenters.